The van der Waals surface area contributed by atoms with Crippen LogP contribution in [0.3, 0.4) is 0 Å². The van der Waals surface area contributed by atoms with Crippen LogP contribution in [0, 0.1) is 11.8 Å². The number of likely N-dealkylation sites (tertiary alicyclic amines) is 1. The fourth-order valence-electron chi connectivity index (χ4n) is 6.03. The number of carbonyl (C=O) groups excluding carboxylic acids is 3. The van der Waals surface area contributed by atoms with E-state index in [9.17, 15) is 14.4 Å². The molecule has 0 spiro atoms. The van der Waals surface area contributed by atoms with Gasteiger partial charge in [-0.2, -0.15) is 0 Å². The summed E-state index contributed by atoms with van der Waals surface area (Å²) in [6.45, 7) is 10.6. The molecule has 0 unspecified atom stereocenters. The average Bonchev–Trinajstić information content (AvgIpc) is 3.69. The predicted molar refractivity (Wildman–Crippen MR) is 157 cm³/mol. The highest BCUT2D eigenvalue weighted by atomic mass is 32.1. The normalized spacial score (nSPS) is 24.7. The molecule has 1 aromatic carbocycles. The van der Waals surface area contributed by atoms with Gasteiger partial charge in [-0.25, -0.2) is 4.98 Å². The van der Waals surface area contributed by atoms with E-state index < -0.39 is 12.1 Å². The smallest absolute Gasteiger partial charge is 0.251 e. The van der Waals surface area contributed by atoms with Crippen LogP contribution in [0.4, 0.5) is 5.13 Å². The number of likely N-dealkylation sites (N-methyl/N-ethyl adjacent to an activating group) is 1. The fraction of sp³-hybridized carbons (Fsp3) is 0.600. The highest BCUT2D eigenvalue weighted by Gasteiger charge is 2.53. The van der Waals surface area contributed by atoms with Gasteiger partial charge in [-0.05, 0) is 31.5 Å². The summed E-state index contributed by atoms with van der Waals surface area (Å²) in [5, 5.41) is 6.09. The van der Waals surface area contributed by atoms with Gasteiger partial charge in [-0.15, -0.1) is 11.3 Å². The van der Waals surface area contributed by atoms with Crippen molar-refractivity contribution < 1.29 is 19.1 Å². The molecule has 2 aromatic rings. The van der Waals surface area contributed by atoms with Crippen molar-refractivity contribution >= 4 is 34.1 Å². The third-order valence-electron chi connectivity index (χ3n) is 8.71. The zero-order chi connectivity index (χ0) is 28.4. The first-order valence-corrected chi connectivity index (χ1v) is 15.4. The molecule has 5 rings (SSSR count). The number of nitrogens with zero attached hydrogens (tertiary/aromatic N) is 4. The van der Waals surface area contributed by atoms with Crippen LogP contribution in [-0.4, -0.2) is 96.9 Å². The van der Waals surface area contributed by atoms with Crippen LogP contribution < -0.4 is 10.2 Å². The molecule has 0 radical (unpaired) electrons. The van der Waals surface area contributed by atoms with E-state index in [2.05, 4.69) is 34.5 Å². The van der Waals surface area contributed by atoms with Gasteiger partial charge < -0.3 is 24.8 Å². The quantitative estimate of drug-likeness (QED) is 0.497. The van der Waals surface area contributed by atoms with Gasteiger partial charge in [0.25, 0.3) is 5.91 Å². The standard InChI is InChI=1S/C30H41N5O4S/c1-5-7-22-16-35(26-24(36)17-39-27(22)26)29(38)25(19(3)6-2)32-28(37)21-10-8-20(9-11-21)23-18-40-30(31-23)34-14-12-33(4)13-15-34/h8-11,18-19,22,25-27H,5-7,12-17H2,1-4H3,(H,32,37)/t19-,22-,25-,26+,27+/m0/s1. The van der Waals surface area contributed by atoms with Crippen LogP contribution in [0.25, 0.3) is 11.3 Å². The van der Waals surface area contributed by atoms with Crippen LogP contribution in [0.5, 0.6) is 0 Å². The van der Waals surface area contributed by atoms with E-state index >= 15 is 0 Å². The van der Waals surface area contributed by atoms with E-state index in [4.69, 9.17) is 9.72 Å². The zero-order valence-corrected chi connectivity index (χ0v) is 24.8. The van der Waals surface area contributed by atoms with Gasteiger partial charge in [0.1, 0.15) is 18.7 Å². The van der Waals surface area contributed by atoms with Gasteiger partial charge >= 0.3 is 0 Å². The lowest BCUT2D eigenvalue weighted by Crippen LogP contribution is -2.54. The monoisotopic (exact) mass is 567 g/mol. The van der Waals surface area contributed by atoms with Gasteiger partial charge in [-0.1, -0.05) is 45.7 Å². The second kappa shape index (κ2) is 12.4. The van der Waals surface area contributed by atoms with Crippen molar-refractivity contribution in [2.75, 3.05) is 51.3 Å². The number of benzene rings is 1. The predicted octanol–water partition coefficient (Wildman–Crippen LogP) is 3.30. The van der Waals surface area contributed by atoms with E-state index in [1.807, 2.05) is 26.0 Å². The number of anilines is 1. The third-order valence-corrected chi connectivity index (χ3v) is 9.61. The van der Waals surface area contributed by atoms with Gasteiger partial charge in [-0.3, -0.25) is 14.4 Å². The van der Waals surface area contributed by atoms with E-state index in [0.29, 0.717) is 12.1 Å². The molecular weight excluding hydrogens is 526 g/mol. The number of amides is 2. The van der Waals surface area contributed by atoms with Crippen molar-refractivity contribution in [3.63, 3.8) is 0 Å². The summed E-state index contributed by atoms with van der Waals surface area (Å²) in [5.41, 5.74) is 2.34. The highest BCUT2D eigenvalue weighted by molar-refractivity contribution is 7.14. The molecule has 216 valence electrons. The first-order valence-electron chi connectivity index (χ1n) is 14.6. The minimum Gasteiger partial charge on any atom is -0.367 e. The Morgan fingerprint density at radius 1 is 1.15 bits per heavy atom. The molecule has 3 saturated heterocycles. The largest absolute Gasteiger partial charge is 0.367 e. The Morgan fingerprint density at radius 2 is 1.88 bits per heavy atom. The molecule has 4 heterocycles. The molecule has 3 aliphatic heterocycles. The number of ketones is 1. The van der Waals surface area contributed by atoms with Crippen molar-refractivity contribution in [3.05, 3.63) is 35.2 Å². The lowest BCUT2D eigenvalue weighted by Gasteiger charge is -2.32. The number of piperazine rings is 1. The summed E-state index contributed by atoms with van der Waals surface area (Å²) in [6.07, 6.45) is 2.35. The maximum absolute atomic E-state index is 13.8. The molecule has 9 nitrogen and oxygen atoms in total. The third kappa shape index (κ3) is 5.80. The number of carbonyl (C=O) groups is 3. The summed E-state index contributed by atoms with van der Waals surface area (Å²) < 4.78 is 5.80. The molecule has 2 amide bonds. The van der Waals surface area contributed by atoms with E-state index in [1.54, 1.807) is 28.4 Å². The number of nitrogens with one attached hydrogen (secondary N) is 1. The number of thiazole rings is 1. The topological polar surface area (TPSA) is 95.1 Å². The summed E-state index contributed by atoms with van der Waals surface area (Å²) in [5.74, 6) is -0.463. The van der Waals surface area contributed by atoms with Gasteiger partial charge in [0.15, 0.2) is 10.9 Å². The van der Waals surface area contributed by atoms with E-state index in [-0.39, 0.29) is 42.1 Å². The molecule has 40 heavy (non-hydrogen) atoms. The molecule has 0 aliphatic carbocycles. The van der Waals surface area contributed by atoms with Crippen molar-refractivity contribution in [2.45, 2.75) is 58.2 Å². The van der Waals surface area contributed by atoms with Crippen molar-refractivity contribution in [1.29, 1.82) is 0 Å². The van der Waals surface area contributed by atoms with Crippen molar-refractivity contribution in [3.8, 4) is 11.3 Å². The van der Waals surface area contributed by atoms with Crippen LogP contribution in [0.1, 0.15) is 50.4 Å². The Labute approximate surface area is 240 Å². The van der Waals surface area contributed by atoms with Gasteiger partial charge in [0.2, 0.25) is 5.91 Å². The number of Topliss-reactive ketones (excluding diaryl/α,β-unsaturated/α-hetero) is 1. The minimum absolute atomic E-state index is 0.0420. The molecule has 0 bridgehead atoms. The number of ether oxygens (including phenoxy) is 1. The molecule has 10 heteroatoms. The fourth-order valence-corrected chi connectivity index (χ4v) is 6.91. The maximum atomic E-state index is 13.8. The average molecular weight is 568 g/mol. The Balaban J connectivity index is 1.27. The number of hydrogen-bond donors (Lipinski definition) is 1. The Bertz CT molecular complexity index is 1210. The van der Waals surface area contributed by atoms with Crippen molar-refractivity contribution in [1.82, 2.24) is 20.1 Å². The molecule has 5 atom stereocenters. The Morgan fingerprint density at radius 3 is 2.55 bits per heavy atom. The Hall–Kier alpha value is -2.82. The molecule has 3 aliphatic rings. The molecule has 3 fully saturated rings. The summed E-state index contributed by atoms with van der Waals surface area (Å²) >= 11 is 1.64. The van der Waals surface area contributed by atoms with Crippen LogP contribution in [-0.2, 0) is 14.3 Å². The molecule has 1 aromatic heterocycles. The maximum Gasteiger partial charge on any atom is 0.251 e. The number of fused-ring (bicyclic) bond motifs is 1. The molecule has 1 N–H and O–H groups in total. The van der Waals surface area contributed by atoms with E-state index in [0.717, 1.165) is 61.8 Å². The van der Waals surface area contributed by atoms with Gasteiger partial charge in [0.05, 0.1) is 11.8 Å². The zero-order valence-electron chi connectivity index (χ0n) is 24.0. The first kappa shape index (κ1) is 28.7. The second-order valence-corrected chi connectivity index (χ2v) is 12.3. The van der Waals surface area contributed by atoms with Gasteiger partial charge in [0, 0.05) is 55.1 Å². The molecular formula is C30H41N5O4S. The number of rotatable bonds is 9. The highest BCUT2D eigenvalue weighted by Crippen LogP contribution is 2.35. The lowest BCUT2D eigenvalue weighted by atomic mass is 9.96. The summed E-state index contributed by atoms with van der Waals surface area (Å²) in [7, 11) is 2.14. The minimum atomic E-state index is -0.712. The SMILES string of the molecule is CCC[C@H]1CN(C(=O)[C@@H](NC(=O)c2ccc(-c3csc(N4CCN(C)CC4)n3)cc2)[C@@H](C)CC)[C@@H]2C(=O)CO[C@H]12. The van der Waals surface area contributed by atoms with Crippen LogP contribution in [0.2, 0.25) is 0 Å². The van der Waals surface area contributed by atoms with Crippen molar-refractivity contribution in [2.24, 2.45) is 11.8 Å². The Kier molecular flexibility index (Phi) is 8.87. The second-order valence-electron chi connectivity index (χ2n) is 11.4. The summed E-state index contributed by atoms with van der Waals surface area (Å²) in [6, 6.07) is 6.14. The number of aromatic nitrogens is 1. The summed E-state index contributed by atoms with van der Waals surface area (Å²) in [4.78, 5) is 51.0. The lowest BCUT2D eigenvalue weighted by molar-refractivity contribution is -0.139. The molecule has 0 saturated carbocycles. The van der Waals surface area contributed by atoms with E-state index in [1.165, 1.54) is 0 Å². The number of hydrogen-bond acceptors (Lipinski definition) is 8. The first-order chi connectivity index (χ1) is 19.3. The van der Waals surface area contributed by atoms with Crippen LogP contribution >= 0.6 is 11.3 Å². The van der Waals surface area contributed by atoms with Crippen LogP contribution in [0.15, 0.2) is 29.6 Å².